The molecule has 0 aromatic heterocycles. The fourth-order valence-electron chi connectivity index (χ4n) is 2.31. The molecule has 2 aromatic rings. The molecule has 4 nitrogen and oxygen atoms in total. The zero-order valence-electron chi connectivity index (χ0n) is 13.9. The van der Waals surface area contributed by atoms with Crippen LogP contribution < -0.4 is 14.8 Å². The Kier molecular flexibility index (Phi) is 7.32. The van der Waals surface area contributed by atoms with Gasteiger partial charge in [-0.3, -0.25) is 4.79 Å². The minimum Gasteiger partial charge on any atom is -0.493 e. The molecule has 140 valence electrons. The van der Waals surface area contributed by atoms with Crippen molar-refractivity contribution in [2.75, 3.05) is 13.7 Å². The molecule has 0 heterocycles. The second kappa shape index (κ2) is 9.47. The van der Waals surface area contributed by atoms with Gasteiger partial charge < -0.3 is 14.8 Å². The molecule has 0 saturated heterocycles. The Labute approximate surface area is 157 Å². The molecule has 2 aromatic carbocycles. The lowest BCUT2D eigenvalue weighted by molar-refractivity contribution is -0.120. The highest BCUT2D eigenvalue weighted by molar-refractivity contribution is 9.10. The Morgan fingerprint density at radius 1 is 1.15 bits per heavy atom. The highest BCUT2D eigenvalue weighted by Gasteiger charge is 2.11. The van der Waals surface area contributed by atoms with Crippen LogP contribution in [0.15, 0.2) is 40.9 Å². The summed E-state index contributed by atoms with van der Waals surface area (Å²) in [5.41, 5.74) is 1.39. The summed E-state index contributed by atoms with van der Waals surface area (Å²) in [7, 11) is 1.36. The van der Waals surface area contributed by atoms with Crippen molar-refractivity contribution in [3.05, 3.63) is 57.8 Å². The molecule has 0 saturated carbocycles. The van der Waals surface area contributed by atoms with E-state index in [9.17, 15) is 18.0 Å². The van der Waals surface area contributed by atoms with Gasteiger partial charge in [0, 0.05) is 6.54 Å². The van der Waals surface area contributed by atoms with E-state index in [1.165, 1.54) is 31.4 Å². The summed E-state index contributed by atoms with van der Waals surface area (Å²) in [6.45, 7) is -2.63. The summed E-state index contributed by atoms with van der Waals surface area (Å²) >= 11 is 3.07. The summed E-state index contributed by atoms with van der Waals surface area (Å²) in [4.78, 5) is 11.9. The molecule has 26 heavy (non-hydrogen) atoms. The van der Waals surface area contributed by atoms with Crippen molar-refractivity contribution >= 4 is 21.8 Å². The van der Waals surface area contributed by atoms with Crippen LogP contribution >= 0.6 is 15.9 Å². The SMILES string of the molecule is COc1ccc(CCNC(=O)Cc2ccc(F)c(Br)c2)cc1OC(F)F. The van der Waals surface area contributed by atoms with Crippen LogP contribution in [0.3, 0.4) is 0 Å². The minimum absolute atomic E-state index is 0.0533. The van der Waals surface area contributed by atoms with Crippen molar-refractivity contribution in [1.82, 2.24) is 5.32 Å². The van der Waals surface area contributed by atoms with Gasteiger partial charge in [0.25, 0.3) is 0 Å². The fraction of sp³-hybridized carbons (Fsp3) is 0.278. The average Bonchev–Trinajstić information content (AvgIpc) is 2.58. The minimum atomic E-state index is -2.95. The molecule has 8 heteroatoms. The number of carbonyl (C=O) groups is 1. The van der Waals surface area contributed by atoms with Crippen molar-refractivity contribution in [2.24, 2.45) is 0 Å². The predicted octanol–water partition coefficient (Wildman–Crippen LogP) is 4.10. The van der Waals surface area contributed by atoms with Crippen LogP contribution in [-0.2, 0) is 17.6 Å². The highest BCUT2D eigenvalue weighted by Crippen LogP contribution is 2.29. The van der Waals surface area contributed by atoms with Gasteiger partial charge in [-0.2, -0.15) is 8.78 Å². The zero-order chi connectivity index (χ0) is 19.1. The van der Waals surface area contributed by atoms with Gasteiger partial charge in [0.15, 0.2) is 11.5 Å². The third-order valence-electron chi connectivity index (χ3n) is 3.53. The first-order chi connectivity index (χ1) is 12.4. The van der Waals surface area contributed by atoms with Crippen LogP contribution in [0.4, 0.5) is 13.2 Å². The third-order valence-corrected chi connectivity index (χ3v) is 4.14. The zero-order valence-corrected chi connectivity index (χ0v) is 15.5. The largest absolute Gasteiger partial charge is 0.493 e. The Morgan fingerprint density at radius 3 is 2.54 bits per heavy atom. The standard InChI is InChI=1S/C18H17BrF3NO3/c1-25-15-5-3-11(9-16(15)26-18(21)22)6-7-23-17(24)10-12-2-4-14(20)13(19)8-12/h2-5,8-9,18H,6-7,10H2,1H3,(H,23,24). The van der Waals surface area contributed by atoms with Gasteiger partial charge in [-0.05, 0) is 57.7 Å². The van der Waals surface area contributed by atoms with Crippen LogP contribution in [0.2, 0.25) is 0 Å². The summed E-state index contributed by atoms with van der Waals surface area (Å²) in [6.07, 6.45) is 0.545. The van der Waals surface area contributed by atoms with Crippen LogP contribution in [0, 0.1) is 5.82 Å². The Hall–Kier alpha value is -2.22. The number of ether oxygens (including phenoxy) is 2. The van der Waals surface area contributed by atoms with Crippen LogP contribution in [0.25, 0.3) is 0 Å². The van der Waals surface area contributed by atoms with Crippen LogP contribution in [0.1, 0.15) is 11.1 Å². The van der Waals surface area contributed by atoms with Gasteiger partial charge in [-0.1, -0.05) is 12.1 Å². The van der Waals surface area contributed by atoms with E-state index in [4.69, 9.17) is 4.74 Å². The number of alkyl halides is 2. The van der Waals surface area contributed by atoms with Gasteiger partial charge in [0.05, 0.1) is 18.0 Å². The van der Waals surface area contributed by atoms with Crippen molar-refractivity contribution in [2.45, 2.75) is 19.5 Å². The van der Waals surface area contributed by atoms with Crippen molar-refractivity contribution in [3.8, 4) is 11.5 Å². The first-order valence-corrected chi connectivity index (χ1v) is 8.50. The molecule has 0 unspecified atom stereocenters. The normalized spacial score (nSPS) is 10.7. The van der Waals surface area contributed by atoms with Crippen LogP contribution in [-0.4, -0.2) is 26.2 Å². The smallest absolute Gasteiger partial charge is 0.387 e. The number of hydrogen-bond donors (Lipinski definition) is 1. The Balaban J connectivity index is 1.88. The molecule has 0 aliphatic carbocycles. The quantitative estimate of drug-likeness (QED) is 0.684. The molecule has 0 bridgehead atoms. The van der Waals surface area contributed by atoms with Gasteiger partial charge in [0.1, 0.15) is 5.82 Å². The Morgan fingerprint density at radius 2 is 1.88 bits per heavy atom. The maximum atomic E-state index is 13.2. The number of carbonyl (C=O) groups excluding carboxylic acids is 1. The van der Waals surface area contributed by atoms with Crippen molar-refractivity contribution in [1.29, 1.82) is 0 Å². The maximum absolute atomic E-state index is 13.2. The lowest BCUT2D eigenvalue weighted by Crippen LogP contribution is -2.27. The van der Waals surface area contributed by atoms with E-state index in [1.54, 1.807) is 12.1 Å². The second-order valence-corrected chi connectivity index (χ2v) is 6.24. The predicted molar refractivity (Wildman–Crippen MR) is 94.1 cm³/mol. The molecular formula is C18H17BrF3NO3. The number of halogens is 4. The second-order valence-electron chi connectivity index (χ2n) is 5.39. The molecule has 2 rings (SSSR count). The molecule has 1 amide bonds. The number of benzene rings is 2. The Bertz CT molecular complexity index is 771. The number of nitrogens with one attached hydrogen (secondary N) is 1. The average molecular weight is 432 g/mol. The summed E-state index contributed by atoms with van der Waals surface area (Å²) < 4.78 is 47.7. The number of amides is 1. The molecular weight excluding hydrogens is 415 g/mol. The highest BCUT2D eigenvalue weighted by atomic mass is 79.9. The monoisotopic (exact) mass is 431 g/mol. The van der Waals surface area contributed by atoms with E-state index in [0.29, 0.717) is 28.6 Å². The fourth-order valence-corrected chi connectivity index (χ4v) is 2.73. The van der Waals surface area contributed by atoms with E-state index in [0.717, 1.165) is 0 Å². The van der Waals surface area contributed by atoms with Crippen molar-refractivity contribution < 1.29 is 27.4 Å². The number of hydrogen-bond acceptors (Lipinski definition) is 3. The molecule has 0 fully saturated rings. The van der Waals surface area contributed by atoms with E-state index < -0.39 is 12.4 Å². The topological polar surface area (TPSA) is 47.6 Å². The maximum Gasteiger partial charge on any atom is 0.387 e. The molecule has 1 N–H and O–H groups in total. The first kappa shape index (κ1) is 20.1. The number of methoxy groups -OCH3 is 1. The van der Waals surface area contributed by atoms with Crippen LogP contribution in [0.5, 0.6) is 11.5 Å². The summed E-state index contributed by atoms with van der Waals surface area (Å²) in [5.74, 6) is -0.459. The van der Waals surface area contributed by atoms with Gasteiger partial charge in [-0.15, -0.1) is 0 Å². The van der Waals surface area contributed by atoms with Gasteiger partial charge in [0.2, 0.25) is 5.91 Å². The molecule has 0 aliphatic rings. The van der Waals surface area contributed by atoms with Crippen molar-refractivity contribution in [3.63, 3.8) is 0 Å². The molecule has 0 spiro atoms. The summed E-state index contributed by atoms with van der Waals surface area (Å²) in [6, 6.07) is 9.07. The van der Waals surface area contributed by atoms with E-state index >= 15 is 0 Å². The van der Waals surface area contributed by atoms with E-state index in [1.807, 2.05) is 0 Å². The third kappa shape index (κ3) is 5.94. The molecule has 0 atom stereocenters. The van der Waals surface area contributed by atoms with E-state index in [-0.39, 0.29) is 23.8 Å². The van der Waals surface area contributed by atoms with E-state index in [2.05, 4.69) is 26.0 Å². The lowest BCUT2D eigenvalue weighted by Gasteiger charge is -2.12. The molecule has 0 aliphatic heterocycles. The van der Waals surface area contributed by atoms with Gasteiger partial charge in [-0.25, -0.2) is 4.39 Å². The first-order valence-electron chi connectivity index (χ1n) is 7.71. The molecule has 0 radical (unpaired) electrons. The lowest BCUT2D eigenvalue weighted by atomic mass is 10.1. The van der Waals surface area contributed by atoms with Gasteiger partial charge >= 0.3 is 6.61 Å². The number of rotatable bonds is 8. The summed E-state index contributed by atoms with van der Waals surface area (Å²) in [5, 5.41) is 2.73.